The van der Waals surface area contributed by atoms with Crippen LogP contribution >= 0.6 is 24.8 Å². The van der Waals surface area contributed by atoms with Gasteiger partial charge in [-0.05, 0) is 59.5 Å². The number of rotatable bonds is 6. The normalized spacial score (nSPS) is 13.9. The second-order valence-electron chi connectivity index (χ2n) is 7.69. The van der Waals surface area contributed by atoms with E-state index in [4.69, 9.17) is 0 Å². The number of anilines is 1. The maximum atomic E-state index is 13.5. The fourth-order valence-corrected chi connectivity index (χ4v) is 4.15. The minimum absolute atomic E-state index is 0. The van der Waals surface area contributed by atoms with Crippen LogP contribution in [-0.4, -0.2) is 31.1 Å². The molecule has 0 amide bonds. The van der Waals surface area contributed by atoms with Gasteiger partial charge in [-0.1, -0.05) is 42.5 Å². The average molecular weight is 477 g/mol. The first-order valence-electron chi connectivity index (χ1n) is 10.3. The number of allylic oxidation sites excluding steroid dienone is 1. The largest absolute Gasteiger partial charge is 0.369 e. The van der Waals surface area contributed by atoms with Crippen molar-refractivity contribution < 1.29 is 8.78 Å². The summed E-state index contributed by atoms with van der Waals surface area (Å²) in [6, 6.07) is 21.9. The Kier molecular flexibility index (Phi) is 9.70. The Morgan fingerprint density at radius 1 is 0.719 bits per heavy atom. The zero-order valence-electron chi connectivity index (χ0n) is 17.8. The van der Waals surface area contributed by atoms with Crippen LogP contribution in [0.5, 0.6) is 0 Å². The summed E-state index contributed by atoms with van der Waals surface area (Å²) in [6.07, 6.45) is 2.80. The van der Waals surface area contributed by atoms with Gasteiger partial charge in [0.2, 0.25) is 0 Å². The Labute approximate surface area is 201 Å². The molecular formula is C26H28Cl2F2N2. The highest BCUT2D eigenvalue weighted by molar-refractivity contribution is 5.85. The Morgan fingerprint density at radius 2 is 1.19 bits per heavy atom. The summed E-state index contributed by atoms with van der Waals surface area (Å²) in [6.45, 7) is 7.34. The predicted molar refractivity (Wildman–Crippen MR) is 133 cm³/mol. The van der Waals surface area contributed by atoms with Crippen molar-refractivity contribution in [2.24, 2.45) is 0 Å². The van der Waals surface area contributed by atoms with Gasteiger partial charge in [-0.15, -0.1) is 31.4 Å². The molecule has 1 saturated heterocycles. The second-order valence-corrected chi connectivity index (χ2v) is 7.69. The van der Waals surface area contributed by atoms with Crippen molar-refractivity contribution >= 4 is 30.5 Å². The lowest BCUT2D eigenvalue weighted by Gasteiger charge is -2.40. The molecule has 3 aromatic rings. The zero-order valence-corrected chi connectivity index (χ0v) is 19.4. The number of hydrogen-bond acceptors (Lipinski definition) is 2. The van der Waals surface area contributed by atoms with Crippen LogP contribution in [0.1, 0.15) is 22.7 Å². The van der Waals surface area contributed by atoms with Gasteiger partial charge in [0.25, 0.3) is 0 Å². The Bertz CT molecular complexity index is 923. The van der Waals surface area contributed by atoms with Gasteiger partial charge in [0.1, 0.15) is 11.6 Å². The minimum Gasteiger partial charge on any atom is -0.369 e. The predicted octanol–water partition coefficient (Wildman–Crippen LogP) is 6.45. The second kappa shape index (κ2) is 12.0. The molecule has 2 nitrogen and oxygen atoms in total. The summed E-state index contributed by atoms with van der Waals surface area (Å²) in [7, 11) is 0. The zero-order chi connectivity index (χ0) is 20.9. The lowest BCUT2D eigenvalue weighted by atomic mass is 9.96. The van der Waals surface area contributed by atoms with Crippen molar-refractivity contribution in [3.05, 3.63) is 114 Å². The van der Waals surface area contributed by atoms with Crippen molar-refractivity contribution in [1.82, 2.24) is 4.90 Å². The SMILES string of the molecule is C=CCc1ccc(N2CCN(C(c3ccc(F)cc3)c3ccc(F)cc3)CC2)cc1.Cl.Cl. The molecule has 0 spiro atoms. The third-order valence-corrected chi connectivity index (χ3v) is 5.73. The van der Waals surface area contributed by atoms with Crippen molar-refractivity contribution in [2.75, 3.05) is 31.1 Å². The van der Waals surface area contributed by atoms with Gasteiger partial charge in [0.05, 0.1) is 6.04 Å². The van der Waals surface area contributed by atoms with E-state index in [1.54, 1.807) is 0 Å². The third-order valence-electron chi connectivity index (χ3n) is 5.73. The lowest BCUT2D eigenvalue weighted by molar-refractivity contribution is 0.212. The Morgan fingerprint density at radius 3 is 1.62 bits per heavy atom. The summed E-state index contributed by atoms with van der Waals surface area (Å²) in [5, 5.41) is 0. The molecule has 0 bridgehead atoms. The molecule has 170 valence electrons. The number of benzene rings is 3. The molecule has 32 heavy (non-hydrogen) atoms. The van der Waals surface area contributed by atoms with Gasteiger partial charge in [-0.2, -0.15) is 0 Å². The van der Waals surface area contributed by atoms with Crippen molar-refractivity contribution in [1.29, 1.82) is 0 Å². The van der Waals surface area contributed by atoms with Crippen LogP contribution in [0.2, 0.25) is 0 Å². The van der Waals surface area contributed by atoms with Gasteiger partial charge >= 0.3 is 0 Å². The number of halogens is 4. The van der Waals surface area contributed by atoms with Crippen LogP contribution < -0.4 is 4.90 Å². The van der Waals surface area contributed by atoms with E-state index in [-0.39, 0.29) is 42.5 Å². The van der Waals surface area contributed by atoms with Crippen LogP contribution in [0.3, 0.4) is 0 Å². The highest BCUT2D eigenvalue weighted by Crippen LogP contribution is 2.31. The van der Waals surface area contributed by atoms with Gasteiger partial charge in [0.15, 0.2) is 0 Å². The average Bonchev–Trinajstić information content (AvgIpc) is 2.78. The monoisotopic (exact) mass is 476 g/mol. The van der Waals surface area contributed by atoms with Gasteiger partial charge in [-0.3, -0.25) is 4.90 Å². The first-order chi connectivity index (χ1) is 14.6. The topological polar surface area (TPSA) is 6.48 Å². The summed E-state index contributed by atoms with van der Waals surface area (Å²) < 4.78 is 27.0. The summed E-state index contributed by atoms with van der Waals surface area (Å²) >= 11 is 0. The van der Waals surface area contributed by atoms with Crippen LogP contribution in [0, 0.1) is 11.6 Å². The van der Waals surface area contributed by atoms with Crippen molar-refractivity contribution in [2.45, 2.75) is 12.5 Å². The van der Waals surface area contributed by atoms with E-state index < -0.39 is 0 Å². The van der Waals surface area contributed by atoms with Gasteiger partial charge in [-0.25, -0.2) is 8.78 Å². The molecular weight excluding hydrogens is 449 g/mol. The molecule has 0 radical (unpaired) electrons. The molecule has 0 atom stereocenters. The van der Waals surface area contributed by atoms with Gasteiger partial charge < -0.3 is 4.90 Å². The summed E-state index contributed by atoms with van der Waals surface area (Å²) in [5.74, 6) is -0.498. The Hall–Kier alpha value is -2.40. The van der Waals surface area contributed by atoms with E-state index in [0.29, 0.717) is 0 Å². The molecule has 0 N–H and O–H groups in total. The van der Waals surface area contributed by atoms with Crippen LogP contribution in [0.4, 0.5) is 14.5 Å². The van der Waals surface area contributed by atoms with Crippen LogP contribution in [0.25, 0.3) is 0 Å². The molecule has 0 unspecified atom stereocenters. The van der Waals surface area contributed by atoms with Gasteiger partial charge in [0, 0.05) is 31.9 Å². The molecule has 3 aromatic carbocycles. The molecule has 1 aliphatic rings. The summed E-state index contributed by atoms with van der Waals surface area (Å²) in [5.41, 5.74) is 4.53. The van der Waals surface area contributed by atoms with Crippen molar-refractivity contribution in [3.63, 3.8) is 0 Å². The number of nitrogens with zero attached hydrogens (tertiary/aromatic N) is 2. The standard InChI is InChI=1S/C26H26F2N2.2ClH/c1-2-3-20-4-14-25(15-5-20)29-16-18-30(19-17-29)26(21-6-10-23(27)11-7-21)22-8-12-24(28)13-9-22;;/h2,4-15,26H,1,3,16-19H2;2*1H. The molecule has 1 heterocycles. The summed E-state index contributed by atoms with van der Waals surface area (Å²) in [4.78, 5) is 4.78. The first-order valence-corrected chi connectivity index (χ1v) is 10.3. The lowest BCUT2D eigenvalue weighted by Crippen LogP contribution is -2.48. The maximum absolute atomic E-state index is 13.5. The quantitative estimate of drug-likeness (QED) is 0.377. The fourth-order valence-electron chi connectivity index (χ4n) is 4.15. The van der Waals surface area contributed by atoms with E-state index in [0.717, 1.165) is 43.7 Å². The smallest absolute Gasteiger partial charge is 0.123 e. The molecule has 1 fully saturated rings. The molecule has 0 aromatic heterocycles. The molecule has 0 aliphatic carbocycles. The molecule has 6 heteroatoms. The Balaban J connectivity index is 0.00000181. The third kappa shape index (κ3) is 6.10. The fraction of sp³-hybridized carbons (Fsp3) is 0.231. The molecule has 0 saturated carbocycles. The van der Waals surface area contributed by atoms with Crippen LogP contribution in [-0.2, 0) is 6.42 Å². The van der Waals surface area contributed by atoms with E-state index >= 15 is 0 Å². The van der Waals surface area contributed by atoms with E-state index in [2.05, 4.69) is 40.6 Å². The molecule has 1 aliphatic heterocycles. The highest BCUT2D eigenvalue weighted by Gasteiger charge is 2.26. The van der Waals surface area contributed by atoms with E-state index in [1.807, 2.05) is 30.3 Å². The van der Waals surface area contributed by atoms with Crippen molar-refractivity contribution in [3.8, 4) is 0 Å². The number of hydrogen-bond donors (Lipinski definition) is 0. The van der Waals surface area contributed by atoms with E-state index in [9.17, 15) is 8.78 Å². The van der Waals surface area contributed by atoms with Crippen LogP contribution in [0.15, 0.2) is 85.5 Å². The van der Waals surface area contributed by atoms with E-state index in [1.165, 1.54) is 35.5 Å². The highest BCUT2D eigenvalue weighted by atomic mass is 35.5. The first kappa shape index (κ1) is 25.9. The maximum Gasteiger partial charge on any atom is 0.123 e. The number of piperazine rings is 1. The molecule has 4 rings (SSSR count). The minimum atomic E-state index is -0.249.